The van der Waals surface area contributed by atoms with E-state index in [1.54, 1.807) is 51.1 Å². The number of ether oxygens (including phenoxy) is 1. The lowest BCUT2D eigenvalue weighted by Crippen LogP contribution is -2.44. The highest BCUT2D eigenvalue weighted by Crippen LogP contribution is 2.26. The van der Waals surface area contributed by atoms with Gasteiger partial charge in [-0.25, -0.2) is 4.79 Å². The lowest BCUT2D eigenvalue weighted by molar-refractivity contribution is -0.140. The molecular formula is C17H19N3O4. The fourth-order valence-electron chi connectivity index (χ4n) is 2.40. The minimum Gasteiger partial charge on any atom is -0.444 e. The van der Waals surface area contributed by atoms with Gasteiger partial charge in [0.2, 0.25) is 5.91 Å². The predicted octanol–water partition coefficient (Wildman–Crippen LogP) is 1.90. The quantitative estimate of drug-likeness (QED) is 0.854. The molecule has 1 saturated heterocycles. The molecule has 0 spiro atoms. The van der Waals surface area contributed by atoms with Gasteiger partial charge >= 0.3 is 6.09 Å². The molecule has 1 unspecified atom stereocenters. The van der Waals surface area contributed by atoms with E-state index in [1.165, 1.54) is 0 Å². The van der Waals surface area contributed by atoms with Crippen LogP contribution in [0.3, 0.4) is 0 Å². The van der Waals surface area contributed by atoms with Crippen LogP contribution in [-0.4, -0.2) is 34.5 Å². The average Bonchev–Trinajstić information content (AvgIpc) is 2.75. The van der Waals surface area contributed by atoms with Crippen LogP contribution < -0.4 is 5.32 Å². The molecule has 7 nitrogen and oxygen atoms in total. The molecule has 2 rings (SSSR count). The Bertz CT molecular complexity index is 688. The van der Waals surface area contributed by atoms with Crippen molar-refractivity contribution in [3.05, 3.63) is 35.9 Å². The topological polar surface area (TPSA) is 99.5 Å². The first-order chi connectivity index (χ1) is 11.2. The van der Waals surface area contributed by atoms with Gasteiger partial charge < -0.3 is 10.1 Å². The van der Waals surface area contributed by atoms with Crippen LogP contribution in [0, 0.1) is 11.3 Å². The van der Waals surface area contributed by atoms with Crippen LogP contribution >= 0.6 is 0 Å². The molecule has 1 aromatic rings. The molecule has 1 aromatic carbocycles. The van der Waals surface area contributed by atoms with Crippen LogP contribution in [0.4, 0.5) is 4.79 Å². The molecule has 126 valence electrons. The summed E-state index contributed by atoms with van der Waals surface area (Å²) >= 11 is 0. The van der Waals surface area contributed by atoms with Crippen LogP contribution in [-0.2, 0) is 14.3 Å². The summed E-state index contributed by atoms with van der Waals surface area (Å²) in [7, 11) is 0. The molecule has 2 atom stereocenters. The normalized spacial score (nSPS) is 18.9. The second kappa shape index (κ2) is 6.71. The third-order valence-corrected chi connectivity index (χ3v) is 3.37. The summed E-state index contributed by atoms with van der Waals surface area (Å²) in [6.45, 7) is 5.09. The van der Waals surface area contributed by atoms with Crippen molar-refractivity contribution in [3.8, 4) is 6.07 Å². The van der Waals surface area contributed by atoms with Crippen molar-refractivity contribution in [3.63, 3.8) is 0 Å². The maximum atomic E-state index is 12.5. The highest BCUT2D eigenvalue weighted by atomic mass is 16.6. The highest BCUT2D eigenvalue weighted by Gasteiger charge is 2.44. The summed E-state index contributed by atoms with van der Waals surface area (Å²) in [5.74, 6) is -1.11. The molecule has 1 aliphatic heterocycles. The van der Waals surface area contributed by atoms with Crippen LogP contribution in [0.25, 0.3) is 0 Å². The third-order valence-electron chi connectivity index (χ3n) is 3.37. The summed E-state index contributed by atoms with van der Waals surface area (Å²) in [6, 6.07) is 8.50. The second-order valence-corrected chi connectivity index (χ2v) is 6.45. The molecular weight excluding hydrogens is 310 g/mol. The Hall–Kier alpha value is -2.88. The largest absolute Gasteiger partial charge is 0.444 e. The van der Waals surface area contributed by atoms with Crippen LogP contribution in [0.5, 0.6) is 0 Å². The van der Waals surface area contributed by atoms with Gasteiger partial charge in [-0.1, -0.05) is 30.3 Å². The predicted molar refractivity (Wildman–Crippen MR) is 84.4 cm³/mol. The van der Waals surface area contributed by atoms with Crippen molar-refractivity contribution >= 4 is 17.9 Å². The third kappa shape index (κ3) is 3.90. The van der Waals surface area contributed by atoms with Gasteiger partial charge in [0.05, 0.1) is 12.5 Å². The minimum absolute atomic E-state index is 0.191. The maximum absolute atomic E-state index is 12.5. The Morgan fingerprint density at radius 3 is 2.50 bits per heavy atom. The summed E-state index contributed by atoms with van der Waals surface area (Å²) < 4.78 is 5.09. The fourth-order valence-corrected chi connectivity index (χ4v) is 2.40. The molecule has 0 aromatic heterocycles. The number of nitriles is 1. The van der Waals surface area contributed by atoms with Crippen molar-refractivity contribution in [2.24, 2.45) is 0 Å². The Morgan fingerprint density at radius 2 is 1.96 bits per heavy atom. The van der Waals surface area contributed by atoms with E-state index in [0.717, 1.165) is 4.90 Å². The van der Waals surface area contributed by atoms with Gasteiger partial charge in [-0.2, -0.15) is 5.26 Å². The molecule has 1 aliphatic rings. The number of rotatable bonds is 3. The maximum Gasteiger partial charge on any atom is 0.408 e. The Balaban J connectivity index is 2.14. The molecule has 1 N–H and O–H groups in total. The highest BCUT2D eigenvalue weighted by molar-refractivity contribution is 6.07. The van der Waals surface area contributed by atoms with Gasteiger partial charge in [0, 0.05) is 0 Å². The molecule has 24 heavy (non-hydrogen) atoms. The van der Waals surface area contributed by atoms with E-state index in [2.05, 4.69) is 5.32 Å². The minimum atomic E-state index is -1.02. The van der Waals surface area contributed by atoms with Crippen LogP contribution in [0.15, 0.2) is 30.3 Å². The van der Waals surface area contributed by atoms with E-state index in [1.807, 2.05) is 6.07 Å². The number of hydrogen-bond acceptors (Lipinski definition) is 5. The van der Waals surface area contributed by atoms with E-state index in [-0.39, 0.29) is 6.42 Å². The average molecular weight is 329 g/mol. The Labute approximate surface area is 140 Å². The summed E-state index contributed by atoms with van der Waals surface area (Å²) in [4.78, 5) is 37.4. The number of amides is 3. The molecule has 0 bridgehead atoms. The van der Waals surface area contributed by atoms with E-state index < -0.39 is 35.6 Å². The molecule has 3 amide bonds. The lowest BCUT2D eigenvalue weighted by atomic mass is 10.1. The van der Waals surface area contributed by atoms with Gasteiger partial charge in [0.25, 0.3) is 5.91 Å². The number of likely N-dealkylation sites (tertiary alicyclic amines) is 1. The van der Waals surface area contributed by atoms with Gasteiger partial charge in [-0.05, 0) is 26.3 Å². The van der Waals surface area contributed by atoms with Crippen molar-refractivity contribution in [1.29, 1.82) is 5.26 Å². The van der Waals surface area contributed by atoms with Crippen molar-refractivity contribution in [2.75, 3.05) is 0 Å². The van der Waals surface area contributed by atoms with Crippen LogP contribution in [0.2, 0.25) is 0 Å². The van der Waals surface area contributed by atoms with Gasteiger partial charge in [-0.3, -0.25) is 14.5 Å². The standard InChI is InChI=1S/C17H19N3O4/c1-17(2,3)24-16(23)19-12-9-14(21)20(15(12)22)13(10-18)11-7-5-4-6-8-11/h4-8,12-13H,9H2,1-3H3,(H,19,23)/t12-,13?/m0/s1. The smallest absolute Gasteiger partial charge is 0.408 e. The van der Waals surface area contributed by atoms with E-state index in [9.17, 15) is 19.6 Å². The van der Waals surface area contributed by atoms with E-state index in [4.69, 9.17) is 4.74 Å². The number of carbonyl (C=O) groups is 3. The molecule has 1 fully saturated rings. The first-order valence-electron chi connectivity index (χ1n) is 7.53. The number of nitrogens with one attached hydrogen (secondary N) is 1. The molecule has 0 radical (unpaired) electrons. The summed E-state index contributed by atoms with van der Waals surface area (Å²) in [5.41, 5.74) is -0.172. The summed E-state index contributed by atoms with van der Waals surface area (Å²) in [5, 5.41) is 11.8. The number of carbonyl (C=O) groups excluding carboxylic acids is 3. The van der Waals surface area contributed by atoms with Crippen molar-refractivity contribution in [1.82, 2.24) is 10.2 Å². The van der Waals surface area contributed by atoms with Gasteiger partial charge in [-0.15, -0.1) is 0 Å². The van der Waals surface area contributed by atoms with E-state index >= 15 is 0 Å². The molecule has 0 saturated carbocycles. The molecule has 7 heteroatoms. The second-order valence-electron chi connectivity index (χ2n) is 6.45. The van der Waals surface area contributed by atoms with Gasteiger partial charge in [0.1, 0.15) is 11.6 Å². The van der Waals surface area contributed by atoms with Crippen molar-refractivity contribution < 1.29 is 19.1 Å². The van der Waals surface area contributed by atoms with E-state index in [0.29, 0.717) is 5.56 Å². The fraction of sp³-hybridized carbons (Fsp3) is 0.412. The molecule has 1 heterocycles. The Kier molecular flexibility index (Phi) is 4.88. The first-order valence-corrected chi connectivity index (χ1v) is 7.53. The number of benzene rings is 1. The monoisotopic (exact) mass is 329 g/mol. The number of imide groups is 1. The lowest BCUT2D eigenvalue weighted by Gasteiger charge is -2.22. The van der Waals surface area contributed by atoms with Gasteiger partial charge in [0.15, 0.2) is 6.04 Å². The van der Waals surface area contributed by atoms with Crippen molar-refractivity contribution in [2.45, 2.75) is 44.9 Å². The first kappa shape index (κ1) is 17.5. The summed E-state index contributed by atoms with van der Waals surface area (Å²) in [6.07, 6.45) is -0.966. The zero-order valence-electron chi connectivity index (χ0n) is 13.8. The zero-order valence-corrected chi connectivity index (χ0v) is 13.8. The zero-order chi connectivity index (χ0) is 17.9. The SMILES string of the molecule is CC(C)(C)OC(=O)N[C@H]1CC(=O)N(C(C#N)c2ccccc2)C1=O. The number of hydrogen-bond donors (Lipinski definition) is 1. The van der Waals surface area contributed by atoms with Crippen LogP contribution in [0.1, 0.15) is 38.8 Å². The number of alkyl carbamates (subject to hydrolysis) is 1. The number of nitrogens with zero attached hydrogens (tertiary/aromatic N) is 2. The Morgan fingerprint density at radius 1 is 1.33 bits per heavy atom. The molecule has 0 aliphatic carbocycles.